The number of fused-ring (bicyclic) bond motifs is 1. The number of alkyl halides is 2. The summed E-state index contributed by atoms with van der Waals surface area (Å²) >= 11 is 0. The van der Waals surface area contributed by atoms with Gasteiger partial charge in [-0.3, -0.25) is 9.59 Å². The average molecular weight is 428 g/mol. The molecule has 162 valence electrons. The van der Waals surface area contributed by atoms with Gasteiger partial charge in [-0.15, -0.1) is 0 Å². The highest BCUT2D eigenvalue weighted by atomic mass is 19.3. The molecule has 0 unspecified atom stereocenters. The van der Waals surface area contributed by atoms with Crippen LogP contribution in [-0.2, 0) is 11.2 Å². The maximum atomic E-state index is 12.9. The molecule has 3 aromatic heterocycles. The lowest BCUT2D eigenvalue weighted by molar-refractivity contribution is -0.133. The van der Waals surface area contributed by atoms with Crippen LogP contribution >= 0.6 is 0 Å². The minimum atomic E-state index is -2.74. The van der Waals surface area contributed by atoms with Crippen LogP contribution in [0.4, 0.5) is 8.78 Å². The Labute approximate surface area is 177 Å². The quantitative estimate of drug-likeness (QED) is 0.539. The zero-order valence-corrected chi connectivity index (χ0v) is 17.2. The van der Waals surface area contributed by atoms with Gasteiger partial charge in [0, 0.05) is 56.4 Å². The largest absolute Gasteiger partial charge is 0.493 e. The number of carbonyl (C=O) groups excluding carboxylic acids is 2. The third-order valence-electron chi connectivity index (χ3n) is 5.33. The molecular weight excluding hydrogens is 406 g/mol. The van der Waals surface area contributed by atoms with Crippen LogP contribution in [0.1, 0.15) is 53.6 Å². The monoisotopic (exact) mass is 428 g/mol. The number of ether oxygens (including phenoxy) is 1. The Morgan fingerprint density at radius 2 is 2.00 bits per heavy atom. The van der Waals surface area contributed by atoms with Crippen molar-refractivity contribution in [2.45, 2.75) is 32.6 Å². The molecular formula is C22H22F2N4O3. The number of likely N-dealkylation sites (tertiary alicyclic amines) is 1. The smallest absolute Gasteiger partial charge is 0.280 e. The lowest BCUT2D eigenvalue weighted by atomic mass is 9.97. The van der Waals surface area contributed by atoms with E-state index in [4.69, 9.17) is 4.74 Å². The van der Waals surface area contributed by atoms with Gasteiger partial charge in [0.25, 0.3) is 6.43 Å². The third-order valence-corrected chi connectivity index (χ3v) is 5.33. The molecule has 0 saturated carbocycles. The Kier molecular flexibility index (Phi) is 5.67. The van der Waals surface area contributed by atoms with Crippen molar-refractivity contribution < 1.29 is 23.1 Å². The number of nitrogens with zero attached hydrogens (tertiary/aromatic N) is 4. The predicted octanol–water partition coefficient (Wildman–Crippen LogP) is 3.44. The van der Waals surface area contributed by atoms with Gasteiger partial charge >= 0.3 is 0 Å². The van der Waals surface area contributed by atoms with Gasteiger partial charge in [-0.1, -0.05) is 6.07 Å². The van der Waals surface area contributed by atoms with Crippen molar-refractivity contribution >= 4 is 17.3 Å². The fraction of sp³-hybridized carbons (Fsp3) is 0.364. The number of imidazole rings is 1. The van der Waals surface area contributed by atoms with Crippen LogP contribution in [0.5, 0.6) is 5.75 Å². The molecule has 7 nitrogen and oxygen atoms in total. The fourth-order valence-corrected chi connectivity index (χ4v) is 3.61. The summed E-state index contributed by atoms with van der Waals surface area (Å²) in [6.07, 6.45) is 0.877. The number of amides is 1. The molecule has 1 aliphatic heterocycles. The maximum absolute atomic E-state index is 12.9. The Hall–Kier alpha value is -3.36. The van der Waals surface area contributed by atoms with E-state index >= 15 is 0 Å². The van der Waals surface area contributed by atoms with Crippen LogP contribution < -0.4 is 4.74 Å². The number of hydrogen-bond donors (Lipinski definition) is 0. The van der Waals surface area contributed by atoms with E-state index in [9.17, 15) is 18.4 Å². The normalized spacial score (nSPS) is 14.2. The van der Waals surface area contributed by atoms with Crippen LogP contribution in [0.3, 0.4) is 0 Å². The number of aromatic nitrogens is 3. The van der Waals surface area contributed by atoms with E-state index < -0.39 is 12.1 Å². The van der Waals surface area contributed by atoms with Gasteiger partial charge in [0.2, 0.25) is 5.91 Å². The molecule has 0 spiro atoms. The Bertz CT molecular complexity index is 1140. The van der Waals surface area contributed by atoms with Crippen molar-refractivity contribution in [3.05, 3.63) is 59.3 Å². The molecule has 0 radical (unpaired) electrons. The summed E-state index contributed by atoms with van der Waals surface area (Å²) in [4.78, 5) is 34.3. The van der Waals surface area contributed by atoms with Gasteiger partial charge in [-0.25, -0.2) is 18.7 Å². The molecule has 4 heterocycles. The van der Waals surface area contributed by atoms with Crippen molar-refractivity contribution in [2.75, 3.05) is 19.7 Å². The van der Waals surface area contributed by atoms with E-state index in [2.05, 4.69) is 9.97 Å². The predicted molar refractivity (Wildman–Crippen MR) is 109 cm³/mol. The van der Waals surface area contributed by atoms with Crippen LogP contribution in [0, 0.1) is 0 Å². The number of hydrogen-bond acceptors (Lipinski definition) is 5. The first-order chi connectivity index (χ1) is 14.9. The van der Waals surface area contributed by atoms with E-state index in [-0.39, 0.29) is 29.7 Å². The van der Waals surface area contributed by atoms with Crippen molar-refractivity contribution in [1.82, 2.24) is 19.3 Å². The second-order valence-corrected chi connectivity index (χ2v) is 7.50. The average Bonchev–Trinajstić information content (AvgIpc) is 3.09. The zero-order valence-electron chi connectivity index (χ0n) is 17.2. The van der Waals surface area contributed by atoms with Gasteiger partial charge in [0.05, 0.1) is 12.3 Å². The second kappa shape index (κ2) is 8.41. The van der Waals surface area contributed by atoms with Gasteiger partial charge in [-0.2, -0.15) is 0 Å². The highest BCUT2D eigenvalue weighted by Crippen LogP contribution is 2.29. The summed E-state index contributed by atoms with van der Waals surface area (Å²) in [5, 5.41) is 0. The summed E-state index contributed by atoms with van der Waals surface area (Å²) in [5.74, 6) is 0.360. The zero-order chi connectivity index (χ0) is 22.1. The highest BCUT2D eigenvalue weighted by molar-refractivity contribution is 5.96. The maximum Gasteiger partial charge on any atom is 0.280 e. The molecule has 1 aliphatic rings. The van der Waals surface area contributed by atoms with E-state index in [0.717, 1.165) is 5.69 Å². The highest BCUT2D eigenvalue weighted by Gasteiger charge is 2.31. The Morgan fingerprint density at radius 1 is 1.23 bits per heavy atom. The Morgan fingerprint density at radius 3 is 2.68 bits per heavy atom. The lowest BCUT2D eigenvalue weighted by Gasteiger charge is -2.37. The van der Waals surface area contributed by atoms with Crippen molar-refractivity contribution in [2.24, 2.45) is 0 Å². The van der Waals surface area contributed by atoms with Crippen molar-refractivity contribution in [1.29, 1.82) is 0 Å². The van der Waals surface area contributed by atoms with Crippen LogP contribution in [-0.4, -0.2) is 50.7 Å². The minimum Gasteiger partial charge on any atom is -0.493 e. The molecule has 1 amide bonds. The first-order valence-electron chi connectivity index (χ1n) is 10.0. The lowest BCUT2D eigenvalue weighted by Crippen LogP contribution is -2.47. The van der Waals surface area contributed by atoms with E-state index in [1.165, 1.54) is 18.2 Å². The number of rotatable bonds is 7. The topological polar surface area (TPSA) is 76.8 Å². The summed E-state index contributed by atoms with van der Waals surface area (Å²) in [6.45, 7) is 5.05. The number of halogens is 2. The molecule has 1 saturated heterocycles. The standard InChI is InChI=1S/C22H22F2N4O3/c1-3-31-20-8-21-26-18(15-10-27(11-15)13(2)29)12-28(21)9-14(20)7-19(30)16-5-4-6-17(25-16)22(23)24/h4-6,8-9,12,15,22H,3,7,10-11H2,1-2H3. The molecule has 4 rings (SSSR count). The number of Topliss-reactive ketones (excluding diaryl/α,β-unsaturated/α-hetero) is 1. The van der Waals surface area contributed by atoms with Gasteiger partial charge in [0.15, 0.2) is 5.78 Å². The molecule has 0 bridgehead atoms. The number of pyridine rings is 2. The molecule has 0 aromatic carbocycles. The van der Waals surface area contributed by atoms with E-state index in [1.807, 2.05) is 17.5 Å². The van der Waals surface area contributed by atoms with Crippen molar-refractivity contribution in [3.8, 4) is 5.75 Å². The summed E-state index contributed by atoms with van der Waals surface area (Å²) in [6, 6.07) is 5.79. The molecule has 0 atom stereocenters. The van der Waals surface area contributed by atoms with Gasteiger partial charge in [-0.05, 0) is 19.1 Å². The first-order valence-corrected chi connectivity index (χ1v) is 10.0. The number of carbonyl (C=O) groups is 2. The third kappa shape index (κ3) is 4.26. The minimum absolute atomic E-state index is 0.00884. The summed E-state index contributed by atoms with van der Waals surface area (Å²) < 4.78 is 33.4. The molecule has 3 aromatic rings. The first kappa shape index (κ1) is 20.9. The summed E-state index contributed by atoms with van der Waals surface area (Å²) in [7, 11) is 0. The SMILES string of the molecule is CCOc1cc2nc(C3CN(C(C)=O)C3)cn2cc1CC(=O)c1cccc(C(F)F)n1. The van der Waals surface area contributed by atoms with Crippen LogP contribution in [0.25, 0.3) is 5.65 Å². The second-order valence-electron chi connectivity index (χ2n) is 7.50. The molecule has 1 fully saturated rings. The van der Waals surface area contributed by atoms with Crippen LogP contribution in [0.2, 0.25) is 0 Å². The van der Waals surface area contributed by atoms with Crippen LogP contribution in [0.15, 0.2) is 36.7 Å². The summed E-state index contributed by atoms with van der Waals surface area (Å²) in [5.41, 5.74) is 1.73. The number of ketones is 1. The Balaban J connectivity index is 1.60. The van der Waals surface area contributed by atoms with Crippen molar-refractivity contribution in [3.63, 3.8) is 0 Å². The molecule has 9 heteroatoms. The van der Waals surface area contributed by atoms with E-state index in [0.29, 0.717) is 36.7 Å². The molecule has 0 N–H and O–H groups in total. The molecule has 0 aliphatic carbocycles. The van der Waals surface area contributed by atoms with E-state index in [1.54, 1.807) is 24.1 Å². The van der Waals surface area contributed by atoms with Gasteiger partial charge in [0.1, 0.15) is 22.8 Å². The fourth-order valence-electron chi connectivity index (χ4n) is 3.61. The molecule has 31 heavy (non-hydrogen) atoms. The van der Waals surface area contributed by atoms with Gasteiger partial charge < -0.3 is 14.0 Å².